The summed E-state index contributed by atoms with van der Waals surface area (Å²) in [5, 5.41) is 12.0. The summed E-state index contributed by atoms with van der Waals surface area (Å²) in [7, 11) is 0. The molecule has 0 bridgehead atoms. The highest BCUT2D eigenvalue weighted by molar-refractivity contribution is 8.00. The average molecular weight is 302 g/mol. The van der Waals surface area contributed by atoms with Crippen LogP contribution in [0.15, 0.2) is 24.3 Å². The van der Waals surface area contributed by atoms with Crippen LogP contribution >= 0.6 is 23.4 Å². The van der Waals surface area contributed by atoms with E-state index in [1.54, 1.807) is 19.1 Å². The Morgan fingerprint density at radius 1 is 1.37 bits per heavy atom. The van der Waals surface area contributed by atoms with E-state index in [1.165, 1.54) is 11.8 Å². The van der Waals surface area contributed by atoms with E-state index in [1.807, 2.05) is 12.1 Å². The van der Waals surface area contributed by atoms with Crippen LogP contribution < -0.4 is 5.32 Å². The number of amides is 1. The molecule has 0 heterocycles. The predicted molar refractivity (Wildman–Crippen MR) is 77.5 cm³/mol. The number of nitrogens with one attached hydrogen (secondary N) is 1. The van der Waals surface area contributed by atoms with Crippen molar-refractivity contribution in [2.45, 2.75) is 25.1 Å². The fourth-order valence-electron chi connectivity index (χ4n) is 1.38. The van der Waals surface area contributed by atoms with E-state index in [9.17, 15) is 9.59 Å². The fraction of sp³-hybridized carbons (Fsp3) is 0.385. The summed E-state index contributed by atoms with van der Waals surface area (Å²) in [6.45, 7) is 2.25. The van der Waals surface area contributed by atoms with Crippen LogP contribution in [-0.2, 0) is 16.1 Å². The third-order valence-electron chi connectivity index (χ3n) is 2.36. The summed E-state index contributed by atoms with van der Waals surface area (Å²) < 4.78 is 0. The SMILES string of the molecule is CC(CC(=O)O)SCC(=O)NCc1ccc(Cl)cc1. The normalized spacial score (nSPS) is 11.9. The van der Waals surface area contributed by atoms with Gasteiger partial charge in [-0.25, -0.2) is 0 Å². The number of carboxylic acids is 1. The molecule has 2 N–H and O–H groups in total. The molecule has 19 heavy (non-hydrogen) atoms. The maximum Gasteiger partial charge on any atom is 0.304 e. The van der Waals surface area contributed by atoms with E-state index in [0.29, 0.717) is 11.6 Å². The molecule has 104 valence electrons. The van der Waals surface area contributed by atoms with Gasteiger partial charge in [-0.2, -0.15) is 0 Å². The van der Waals surface area contributed by atoms with E-state index in [-0.39, 0.29) is 23.3 Å². The minimum atomic E-state index is -0.846. The Morgan fingerprint density at radius 2 is 2.00 bits per heavy atom. The maximum atomic E-state index is 11.6. The van der Waals surface area contributed by atoms with Gasteiger partial charge < -0.3 is 10.4 Å². The van der Waals surface area contributed by atoms with Gasteiger partial charge in [-0.05, 0) is 17.7 Å². The smallest absolute Gasteiger partial charge is 0.304 e. The van der Waals surface area contributed by atoms with Crippen molar-refractivity contribution in [2.75, 3.05) is 5.75 Å². The summed E-state index contributed by atoms with van der Waals surface area (Å²) in [5.41, 5.74) is 0.973. The predicted octanol–water partition coefficient (Wildman–Crippen LogP) is 2.55. The lowest BCUT2D eigenvalue weighted by Gasteiger charge is -2.09. The Kier molecular flexibility index (Phi) is 6.73. The van der Waals surface area contributed by atoms with E-state index >= 15 is 0 Å². The molecule has 4 nitrogen and oxygen atoms in total. The van der Waals surface area contributed by atoms with Gasteiger partial charge in [0.1, 0.15) is 0 Å². The topological polar surface area (TPSA) is 66.4 Å². The number of carbonyl (C=O) groups excluding carboxylic acids is 1. The van der Waals surface area contributed by atoms with Crippen LogP contribution in [0.2, 0.25) is 5.02 Å². The van der Waals surface area contributed by atoms with Crippen molar-refractivity contribution in [1.82, 2.24) is 5.32 Å². The van der Waals surface area contributed by atoms with Crippen molar-refractivity contribution in [3.63, 3.8) is 0 Å². The number of aliphatic carboxylic acids is 1. The molecular weight excluding hydrogens is 286 g/mol. The first-order valence-electron chi connectivity index (χ1n) is 5.82. The molecule has 0 saturated heterocycles. The van der Waals surface area contributed by atoms with Gasteiger partial charge in [0.2, 0.25) is 5.91 Å². The van der Waals surface area contributed by atoms with Gasteiger partial charge in [0.25, 0.3) is 0 Å². The highest BCUT2D eigenvalue weighted by Gasteiger charge is 2.10. The van der Waals surface area contributed by atoms with Crippen LogP contribution in [0.4, 0.5) is 0 Å². The van der Waals surface area contributed by atoms with Crippen molar-refractivity contribution in [2.24, 2.45) is 0 Å². The molecule has 1 aromatic carbocycles. The molecule has 1 amide bonds. The zero-order chi connectivity index (χ0) is 14.3. The number of hydrogen-bond acceptors (Lipinski definition) is 3. The molecule has 6 heteroatoms. The molecule has 0 aliphatic heterocycles. The number of carbonyl (C=O) groups is 2. The van der Waals surface area contributed by atoms with E-state index < -0.39 is 5.97 Å². The lowest BCUT2D eigenvalue weighted by molar-refractivity contribution is -0.136. The third kappa shape index (κ3) is 7.08. The van der Waals surface area contributed by atoms with Crippen LogP contribution in [0.5, 0.6) is 0 Å². The monoisotopic (exact) mass is 301 g/mol. The van der Waals surface area contributed by atoms with E-state index in [0.717, 1.165) is 5.56 Å². The third-order valence-corrected chi connectivity index (χ3v) is 3.78. The van der Waals surface area contributed by atoms with Crippen LogP contribution in [0, 0.1) is 0 Å². The van der Waals surface area contributed by atoms with Crippen molar-refractivity contribution in [1.29, 1.82) is 0 Å². The molecule has 1 atom stereocenters. The molecule has 0 saturated carbocycles. The summed E-state index contributed by atoms with van der Waals surface area (Å²) in [4.78, 5) is 22.0. The number of carboxylic acid groups (broad SMARTS) is 1. The molecular formula is C13H16ClNO3S. The number of hydrogen-bond donors (Lipinski definition) is 2. The fourth-order valence-corrected chi connectivity index (χ4v) is 2.30. The molecule has 0 fully saturated rings. The minimum absolute atomic E-state index is 0.0646. The molecule has 0 spiro atoms. The summed E-state index contributed by atoms with van der Waals surface area (Å²) >= 11 is 7.10. The standard InChI is InChI=1S/C13H16ClNO3S/c1-9(6-13(17)18)19-8-12(16)15-7-10-2-4-11(14)5-3-10/h2-5,9H,6-8H2,1H3,(H,15,16)(H,17,18). The highest BCUT2D eigenvalue weighted by atomic mass is 35.5. The first-order valence-corrected chi connectivity index (χ1v) is 7.24. The van der Waals surface area contributed by atoms with Gasteiger partial charge >= 0.3 is 5.97 Å². The quantitative estimate of drug-likeness (QED) is 0.812. The summed E-state index contributed by atoms with van der Waals surface area (Å²) in [6, 6.07) is 7.24. The molecule has 0 aromatic heterocycles. The first-order chi connectivity index (χ1) is 8.97. The van der Waals surface area contributed by atoms with Gasteiger partial charge in [-0.15, -0.1) is 11.8 Å². The highest BCUT2D eigenvalue weighted by Crippen LogP contribution is 2.13. The van der Waals surface area contributed by atoms with Crippen LogP contribution in [0.25, 0.3) is 0 Å². The number of rotatable bonds is 7. The Labute approximate surface area is 121 Å². The van der Waals surface area contributed by atoms with E-state index in [2.05, 4.69) is 5.32 Å². The first kappa shape index (κ1) is 15.9. The van der Waals surface area contributed by atoms with Crippen molar-refractivity contribution < 1.29 is 14.7 Å². The molecule has 0 aliphatic carbocycles. The Hall–Kier alpha value is -1.20. The number of halogens is 1. The molecule has 1 unspecified atom stereocenters. The maximum absolute atomic E-state index is 11.6. The molecule has 1 aromatic rings. The number of benzene rings is 1. The number of thioether (sulfide) groups is 1. The van der Waals surface area contributed by atoms with Crippen LogP contribution in [0.3, 0.4) is 0 Å². The van der Waals surface area contributed by atoms with Gasteiger partial charge in [0.05, 0.1) is 12.2 Å². The van der Waals surface area contributed by atoms with Crippen molar-refractivity contribution >= 4 is 35.2 Å². The second-order valence-electron chi connectivity index (χ2n) is 4.12. The van der Waals surface area contributed by atoms with Gasteiger partial charge in [0, 0.05) is 16.8 Å². The van der Waals surface area contributed by atoms with Crippen molar-refractivity contribution in [3.05, 3.63) is 34.9 Å². The second-order valence-corrected chi connectivity index (χ2v) is 5.99. The van der Waals surface area contributed by atoms with Crippen molar-refractivity contribution in [3.8, 4) is 0 Å². The Balaban J connectivity index is 2.24. The largest absolute Gasteiger partial charge is 0.481 e. The summed E-state index contributed by atoms with van der Waals surface area (Å²) in [5.74, 6) is -0.680. The zero-order valence-corrected chi connectivity index (χ0v) is 12.1. The Bertz CT molecular complexity index is 436. The van der Waals surface area contributed by atoms with Gasteiger partial charge in [-0.3, -0.25) is 9.59 Å². The van der Waals surface area contributed by atoms with Gasteiger partial charge in [0.15, 0.2) is 0 Å². The van der Waals surface area contributed by atoms with Crippen LogP contribution in [0.1, 0.15) is 18.9 Å². The van der Waals surface area contributed by atoms with E-state index in [4.69, 9.17) is 16.7 Å². The average Bonchev–Trinajstić information content (AvgIpc) is 2.35. The lowest BCUT2D eigenvalue weighted by atomic mass is 10.2. The zero-order valence-electron chi connectivity index (χ0n) is 10.6. The second kappa shape index (κ2) is 8.07. The molecule has 0 aliphatic rings. The van der Waals surface area contributed by atoms with Crippen LogP contribution in [-0.4, -0.2) is 28.0 Å². The Morgan fingerprint density at radius 3 is 2.58 bits per heavy atom. The molecule has 1 rings (SSSR count). The minimum Gasteiger partial charge on any atom is -0.481 e. The summed E-state index contributed by atoms with van der Waals surface area (Å²) in [6.07, 6.45) is 0.0646. The lowest BCUT2D eigenvalue weighted by Crippen LogP contribution is -2.25. The van der Waals surface area contributed by atoms with Gasteiger partial charge in [-0.1, -0.05) is 30.7 Å². The molecule has 0 radical (unpaired) electrons.